The molecule has 0 aliphatic heterocycles. The van der Waals surface area contributed by atoms with Crippen LogP contribution in [-0.4, -0.2) is 21.0 Å². The van der Waals surface area contributed by atoms with Crippen molar-refractivity contribution in [2.45, 2.75) is 20.1 Å². The average Bonchev–Trinajstić information content (AvgIpc) is 2.57. The Balaban J connectivity index is 2.15. The van der Waals surface area contributed by atoms with Crippen molar-refractivity contribution in [1.82, 2.24) is 15.0 Å². The van der Waals surface area contributed by atoms with Gasteiger partial charge < -0.3 is 0 Å². The molecule has 66 valence electrons. The van der Waals surface area contributed by atoms with Crippen LogP contribution in [0.3, 0.4) is 0 Å². The minimum atomic E-state index is -0.407. The first-order chi connectivity index (χ1) is 5.83. The topological polar surface area (TPSA) is 66.2 Å². The van der Waals surface area contributed by atoms with Crippen LogP contribution < -0.4 is 0 Å². The van der Waals surface area contributed by atoms with Crippen LogP contribution in [0.2, 0.25) is 0 Å². The Labute approximate surface area is 69.0 Å². The minimum absolute atomic E-state index is 0.0612. The Morgan fingerprint density at radius 2 is 2.50 bits per heavy atom. The largest absolute Gasteiger partial charge is 0.342 e. The monoisotopic (exact) mass is 171 g/mol. The summed E-state index contributed by atoms with van der Waals surface area (Å²) >= 11 is 0. The van der Waals surface area contributed by atoms with E-state index in [0.29, 0.717) is 0 Å². The van der Waals surface area contributed by atoms with Crippen molar-refractivity contribution in [1.29, 1.82) is 0 Å². The van der Waals surface area contributed by atoms with E-state index in [-0.39, 0.29) is 13.2 Å². The number of hydrogen-bond acceptors (Lipinski definition) is 5. The summed E-state index contributed by atoms with van der Waals surface area (Å²) in [6, 6.07) is 0. The zero-order valence-electron chi connectivity index (χ0n) is 6.64. The summed E-state index contributed by atoms with van der Waals surface area (Å²) in [7, 11) is 0. The predicted molar refractivity (Wildman–Crippen MR) is 37.5 cm³/mol. The molecule has 0 amide bonds. The van der Waals surface area contributed by atoms with E-state index in [2.05, 4.69) is 20.1 Å². The molecular formula is C6H9N3O3. The molecule has 0 atom stereocenters. The summed E-state index contributed by atoms with van der Waals surface area (Å²) < 4.78 is 1.39. The molecule has 0 aliphatic rings. The molecule has 1 aromatic rings. The van der Waals surface area contributed by atoms with Crippen molar-refractivity contribution >= 4 is 5.97 Å². The molecule has 0 aromatic carbocycles. The first-order valence-corrected chi connectivity index (χ1v) is 3.49. The summed E-state index contributed by atoms with van der Waals surface area (Å²) in [6.45, 7) is 1.74. The summed E-state index contributed by atoms with van der Waals surface area (Å²) in [4.78, 5) is 19.4. The van der Waals surface area contributed by atoms with Gasteiger partial charge in [-0.05, 0) is 0 Å². The number of carbonyl (C=O) groups excluding carboxylic acids is 1. The van der Waals surface area contributed by atoms with Gasteiger partial charge in [0.15, 0.2) is 6.73 Å². The van der Waals surface area contributed by atoms with E-state index in [1.54, 1.807) is 13.1 Å². The van der Waals surface area contributed by atoms with Gasteiger partial charge in [0, 0.05) is 12.6 Å². The van der Waals surface area contributed by atoms with Gasteiger partial charge in [-0.3, -0.25) is 4.89 Å². The van der Waals surface area contributed by atoms with Gasteiger partial charge in [-0.1, -0.05) is 12.1 Å². The molecule has 12 heavy (non-hydrogen) atoms. The quantitative estimate of drug-likeness (QED) is 0.475. The van der Waals surface area contributed by atoms with Crippen LogP contribution in [0.25, 0.3) is 0 Å². The summed E-state index contributed by atoms with van der Waals surface area (Å²) in [5.41, 5.74) is 0. The lowest BCUT2D eigenvalue weighted by Gasteiger charge is -2.00. The second kappa shape index (κ2) is 4.45. The number of carbonyl (C=O) groups is 1. The van der Waals surface area contributed by atoms with Crippen LogP contribution in [0.15, 0.2) is 12.4 Å². The van der Waals surface area contributed by atoms with Crippen molar-refractivity contribution in [3.8, 4) is 0 Å². The van der Waals surface area contributed by atoms with E-state index in [4.69, 9.17) is 0 Å². The van der Waals surface area contributed by atoms with Crippen LogP contribution in [0.1, 0.15) is 13.3 Å². The van der Waals surface area contributed by atoms with Crippen LogP contribution in [-0.2, 0) is 21.3 Å². The molecule has 6 nitrogen and oxygen atoms in total. The maximum Gasteiger partial charge on any atom is 0.342 e. The highest BCUT2D eigenvalue weighted by atomic mass is 17.2. The van der Waals surface area contributed by atoms with E-state index in [0.717, 1.165) is 0 Å². The maximum absolute atomic E-state index is 10.5. The first kappa shape index (κ1) is 8.66. The van der Waals surface area contributed by atoms with Gasteiger partial charge in [0.1, 0.15) is 0 Å². The third-order valence-electron chi connectivity index (χ3n) is 1.10. The number of hydrogen-bond donors (Lipinski definition) is 0. The smallest absolute Gasteiger partial charge is 0.296 e. The lowest BCUT2D eigenvalue weighted by atomic mass is 10.5. The van der Waals surface area contributed by atoms with Gasteiger partial charge in [0.2, 0.25) is 0 Å². The fraction of sp³-hybridized carbons (Fsp3) is 0.500. The van der Waals surface area contributed by atoms with Crippen molar-refractivity contribution in [3.63, 3.8) is 0 Å². The summed E-state index contributed by atoms with van der Waals surface area (Å²) in [6.07, 6.45) is 3.39. The van der Waals surface area contributed by atoms with Gasteiger partial charge >= 0.3 is 5.97 Å². The van der Waals surface area contributed by atoms with Gasteiger partial charge in [-0.25, -0.2) is 9.48 Å². The molecule has 0 radical (unpaired) electrons. The first-order valence-electron chi connectivity index (χ1n) is 3.49. The molecule has 1 aromatic heterocycles. The third kappa shape index (κ3) is 2.67. The number of aromatic nitrogens is 3. The molecule has 0 saturated heterocycles. The van der Waals surface area contributed by atoms with E-state index < -0.39 is 5.97 Å². The molecule has 0 N–H and O–H groups in total. The van der Waals surface area contributed by atoms with E-state index in [1.165, 1.54) is 10.9 Å². The highest BCUT2D eigenvalue weighted by molar-refractivity contribution is 5.68. The normalized spacial score (nSPS) is 9.75. The molecule has 1 heterocycles. The van der Waals surface area contributed by atoms with E-state index >= 15 is 0 Å². The zero-order valence-corrected chi connectivity index (χ0v) is 6.64. The molecule has 6 heteroatoms. The highest BCUT2D eigenvalue weighted by Gasteiger charge is 1.98. The minimum Gasteiger partial charge on any atom is -0.296 e. The van der Waals surface area contributed by atoms with E-state index in [9.17, 15) is 4.79 Å². The lowest BCUT2D eigenvalue weighted by molar-refractivity contribution is -0.292. The molecule has 0 saturated carbocycles. The van der Waals surface area contributed by atoms with E-state index in [1.807, 2.05) is 0 Å². The second-order valence-electron chi connectivity index (χ2n) is 2.00. The number of rotatable bonds is 4. The number of nitrogens with zero attached hydrogens (tertiary/aromatic N) is 3. The fourth-order valence-electron chi connectivity index (χ4n) is 0.507. The predicted octanol–water partition coefficient (Wildman–Crippen LogP) is 0.120. The van der Waals surface area contributed by atoms with Gasteiger partial charge in [-0.2, -0.15) is 4.89 Å². The average molecular weight is 171 g/mol. The van der Waals surface area contributed by atoms with Crippen molar-refractivity contribution in [2.24, 2.45) is 0 Å². The lowest BCUT2D eigenvalue weighted by Crippen LogP contribution is -2.08. The Morgan fingerprint density at radius 1 is 1.67 bits per heavy atom. The van der Waals surface area contributed by atoms with Crippen LogP contribution in [0, 0.1) is 0 Å². The molecule has 0 spiro atoms. The Kier molecular flexibility index (Phi) is 3.21. The Morgan fingerprint density at radius 3 is 3.08 bits per heavy atom. The van der Waals surface area contributed by atoms with Gasteiger partial charge in [0.05, 0.1) is 6.20 Å². The van der Waals surface area contributed by atoms with Crippen LogP contribution in [0.4, 0.5) is 0 Å². The Hall–Kier alpha value is -1.43. The molecular weight excluding hydrogens is 162 g/mol. The Bertz CT molecular complexity index is 234. The molecule has 0 aliphatic carbocycles. The van der Waals surface area contributed by atoms with Crippen LogP contribution >= 0.6 is 0 Å². The van der Waals surface area contributed by atoms with Gasteiger partial charge in [0.25, 0.3) is 0 Å². The summed E-state index contributed by atoms with van der Waals surface area (Å²) in [5, 5.41) is 7.12. The molecule has 1 rings (SSSR count). The molecule has 0 unspecified atom stereocenters. The maximum atomic E-state index is 10.5. The second-order valence-corrected chi connectivity index (χ2v) is 2.00. The standard InChI is InChI=1S/C6H9N3O3/c1-2-6(10)12-11-5-9-4-3-7-8-9/h3-4H,2,5H2,1H3. The molecule has 0 fully saturated rings. The third-order valence-corrected chi connectivity index (χ3v) is 1.10. The SMILES string of the molecule is CCC(=O)OOCn1ccnn1. The van der Waals surface area contributed by atoms with Crippen molar-refractivity contribution in [2.75, 3.05) is 0 Å². The van der Waals surface area contributed by atoms with Crippen molar-refractivity contribution in [3.05, 3.63) is 12.4 Å². The molecule has 0 bridgehead atoms. The van der Waals surface area contributed by atoms with Crippen LogP contribution in [0.5, 0.6) is 0 Å². The zero-order chi connectivity index (χ0) is 8.81. The summed E-state index contributed by atoms with van der Waals surface area (Å²) in [5.74, 6) is -0.407. The fourth-order valence-corrected chi connectivity index (χ4v) is 0.507. The van der Waals surface area contributed by atoms with Crippen molar-refractivity contribution < 1.29 is 14.6 Å². The van der Waals surface area contributed by atoms with Gasteiger partial charge in [-0.15, -0.1) is 5.10 Å². The highest BCUT2D eigenvalue weighted by Crippen LogP contribution is 1.88.